The van der Waals surface area contributed by atoms with E-state index >= 15 is 0 Å². The van der Waals surface area contributed by atoms with E-state index in [1.165, 1.54) is 0 Å². The number of piperidine rings is 1. The van der Waals surface area contributed by atoms with Crippen molar-refractivity contribution in [2.24, 2.45) is 5.92 Å². The third-order valence-corrected chi connectivity index (χ3v) is 6.05. The number of ether oxygens (including phenoxy) is 1. The lowest BCUT2D eigenvalue weighted by Gasteiger charge is -2.31. The lowest BCUT2D eigenvalue weighted by Crippen LogP contribution is -2.42. The minimum absolute atomic E-state index is 0.0848. The van der Waals surface area contributed by atoms with Crippen LogP contribution in [-0.2, 0) is 9.63 Å². The summed E-state index contributed by atoms with van der Waals surface area (Å²) in [5.74, 6) is -1.70. The van der Waals surface area contributed by atoms with Gasteiger partial charge in [0.1, 0.15) is 5.75 Å². The highest BCUT2D eigenvalue weighted by Gasteiger charge is 2.43. The second-order valence-electron chi connectivity index (χ2n) is 8.62. The van der Waals surface area contributed by atoms with Crippen LogP contribution in [0, 0.1) is 5.92 Å². The molecule has 1 aliphatic rings. The summed E-state index contributed by atoms with van der Waals surface area (Å²) in [5.41, 5.74) is 2.61. The highest BCUT2D eigenvalue weighted by molar-refractivity contribution is 5.89. The Morgan fingerprint density at radius 1 is 1.03 bits per heavy atom. The molecule has 182 valence electrons. The van der Waals surface area contributed by atoms with Gasteiger partial charge in [0.15, 0.2) is 0 Å². The maximum atomic E-state index is 12.6. The van der Waals surface area contributed by atoms with Crippen LogP contribution in [0.3, 0.4) is 0 Å². The van der Waals surface area contributed by atoms with Gasteiger partial charge in [-0.1, -0.05) is 18.2 Å². The highest BCUT2D eigenvalue weighted by atomic mass is 19.4. The molecule has 0 radical (unpaired) electrons. The Labute approximate surface area is 197 Å². The van der Waals surface area contributed by atoms with Gasteiger partial charge in [-0.25, -0.2) is 4.79 Å². The number of nitrogens with one attached hydrogen (secondary N) is 2. The molecule has 0 spiro atoms. The number of carbonyl (C=O) groups is 1. The van der Waals surface area contributed by atoms with Crippen LogP contribution in [0.1, 0.15) is 12.8 Å². The van der Waals surface area contributed by atoms with Gasteiger partial charge in [-0.15, -0.1) is 5.06 Å². The van der Waals surface area contributed by atoms with Crippen LogP contribution in [0.15, 0.2) is 59.4 Å². The number of carbonyl (C=O) groups excluding carboxylic acids is 1. The number of hydroxylamine groups is 2. The van der Waals surface area contributed by atoms with E-state index in [0.29, 0.717) is 23.4 Å². The van der Waals surface area contributed by atoms with Crippen molar-refractivity contribution in [1.82, 2.24) is 15.0 Å². The fourth-order valence-electron chi connectivity index (χ4n) is 4.32. The maximum Gasteiger partial charge on any atom is 0.492 e. The van der Waals surface area contributed by atoms with Gasteiger partial charge in [-0.3, -0.25) is 4.79 Å². The summed E-state index contributed by atoms with van der Waals surface area (Å²) >= 11 is 0. The Morgan fingerprint density at radius 3 is 2.66 bits per heavy atom. The lowest BCUT2D eigenvalue weighted by molar-refractivity contribution is -0.243. The summed E-state index contributed by atoms with van der Waals surface area (Å²) in [7, 11) is 0. The average Bonchev–Trinajstić information content (AvgIpc) is 3.25. The fraction of sp³-hybridized carbons (Fsp3) is 0.280. The first-order valence-corrected chi connectivity index (χ1v) is 11.2. The van der Waals surface area contributed by atoms with Gasteiger partial charge in [0.25, 0.3) is 5.56 Å². The van der Waals surface area contributed by atoms with E-state index in [1.807, 2.05) is 48.5 Å². The Morgan fingerprint density at radius 2 is 1.83 bits per heavy atom. The van der Waals surface area contributed by atoms with E-state index in [9.17, 15) is 22.8 Å². The minimum atomic E-state index is -5.02. The molecule has 0 saturated carbocycles. The van der Waals surface area contributed by atoms with Gasteiger partial charge >= 0.3 is 12.1 Å². The van der Waals surface area contributed by atoms with Crippen molar-refractivity contribution in [3.63, 3.8) is 0 Å². The van der Waals surface area contributed by atoms with Crippen molar-refractivity contribution in [2.75, 3.05) is 19.7 Å². The molecule has 7 nitrogen and oxygen atoms in total. The molecule has 4 aromatic rings. The first-order valence-electron chi connectivity index (χ1n) is 11.2. The molecule has 2 N–H and O–H groups in total. The van der Waals surface area contributed by atoms with Crippen molar-refractivity contribution in [3.8, 4) is 17.0 Å². The second-order valence-corrected chi connectivity index (χ2v) is 8.62. The number of hydrogen-bond donors (Lipinski definition) is 2. The zero-order chi connectivity index (χ0) is 24.6. The van der Waals surface area contributed by atoms with Gasteiger partial charge in [0, 0.05) is 35.4 Å². The van der Waals surface area contributed by atoms with Gasteiger partial charge in [-0.05, 0) is 54.6 Å². The molecule has 0 bridgehead atoms. The Balaban J connectivity index is 1.27. The molecule has 5 rings (SSSR count). The number of hydrogen-bond acceptors (Lipinski definition) is 5. The molecule has 0 amide bonds. The number of H-pyrrole nitrogens is 2. The number of nitrogens with zero attached hydrogens (tertiary/aromatic N) is 1. The molecular formula is C25H22F3N3O4. The number of fused-ring (bicyclic) bond motifs is 2. The molecule has 1 saturated heterocycles. The molecule has 3 heterocycles. The van der Waals surface area contributed by atoms with Crippen molar-refractivity contribution in [1.29, 1.82) is 0 Å². The van der Waals surface area contributed by atoms with Crippen molar-refractivity contribution < 1.29 is 27.5 Å². The molecule has 1 unspecified atom stereocenters. The SMILES string of the molecule is O=C(ON1CCCC(COc2ccc3[nH]c(-c4cc5ccccc5[nH]c4=O)cc3c2)C1)C(F)(F)F. The van der Waals surface area contributed by atoms with Crippen LogP contribution in [-0.4, -0.2) is 46.9 Å². The average molecular weight is 485 g/mol. The fourth-order valence-corrected chi connectivity index (χ4v) is 4.32. The Kier molecular flexibility index (Phi) is 5.98. The Bertz CT molecular complexity index is 1440. The number of aromatic amines is 2. The third kappa shape index (κ3) is 5.02. The molecule has 1 atom stereocenters. The summed E-state index contributed by atoms with van der Waals surface area (Å²) in [6.07, 6.45) is -3.67. The molecule has 1 fully saturated rings. The van der Waals surface area contributed by atoms with E-state index in [0.717, 1.165) is 33.3 Å². The van der Waals surface area contributed by atoms with Crippen LogP contribution in [0.5, 0.6) is 5.75 Å². The number of para-hydroxylation sites is 1. The largest absolute Gasteiger partial charge is 0.493 e. The smallest absolute Gasteiger partial charge is 0.492 e. The van der Waals surface area contributed by atoms with Crippen molar-refractivity contribution in [3.05, 3.63) is 65.0 Å². The molecule has 2 aromatic carbocycles. The summed E-state index contributed by atoms with van der Waals surface area (Å²) < 4.78 is 43.3. The van der Waals surface area contributed by atoms with E-state index in [-0.39, 0.29) is 31.2 Å². The first-order chi connectivity index (χ1) is 16.8. The monoisotopic (exact) mass is 485 g/mol. The van der Waals surface area contributed by atoms with E-state index in [2.05, 4.69) is 14.8 Å². The molecular weight excluding hydrogens is 463 g/mol. The number of halogens is 3. The van der Waals surface area contributed by atoms with E-state index < -0.39 is 12.1 Å². The molecule has 2 aromatic heterocycles. The summed E-state index contributed by atoms with van der Waals surface area (Å²) in [6.45, 7) is 0.695. The first kappa shape index (κ1) is 23.0. The molecule has 10 heteroatoms. The maximum absolute atomic E-state index is 12.6. The van der Waals surface area contributed by atoms with Crippen molar-refractivity contribution >= 4 is 27.8 Å². The number of rotatable bonds is 5. The van der Waals surface area contributed by atoms with Crippen LogP contribution in [0.4, 0.5) is 13.2 Å². The van der Waals surface area contributed by atoms with Crippen LogP contribution >= 0.6 is 0 Å². The van der Waals surface area contributed by atoms with Gasteiger partial charge < -0.3 is 19.5 Å². The predicted octanol–water partition coefficient (Wildman–Crippen LogP) is 4.79. The van der Waals surface area contributed by atoms with E-state index in [1.54, 1.807) is 6.07 Å². The highest BCUT2D eigenvalue weighted by Crippen LogP contribution is 2.28. The standard InChI is InChI=1S/C25H22F3N3O4/c26-25(27,28)24(33)35-31-9-3-4-15(13-31)14-34-18-7-8-21-17(10-18)12-22(29-21)19-11-16-5-1-2-6-20(16)30-23(19)32/h1-2,5-8,10-12,15,29H,3-4,9,13-14H2,(H,30,32). The Hall–Kier alpha value is -3.79. The topological polar surface area (TPSA) is 87.4 Å². The normalized spacial score (nSPS) is 17.1. The van der Waals surface area contributed by atoms with Gasteiger partial charge in [0.2, 0.25) is 0 Å². The summed E-state index contributed by atoms with van der Waals surface area (Å²) in [5, 5.41) is 2.83. The number of aromatic nitrogens is 2. The number of pyridine rings is 1. The third-order valence-electron chi connectivity index (χ3n) is 6.05. The molecule has 0 aliphatic carbocycles. The second kappa shape index (κ2) is 9.10. The zero-order valence-electron chi connectivity index (χ0n) is 18.5. The zero-order valence-corrected chi connectivity index (χ0v) is 18.5. The molecule has 1 aliphatic heterocycles. The summed E-state index contributed by atoms with van der Waals surface area (Å²) in [4.78, 5) is 34.3. The molecule has 35 heavy (non-hydrogen) atoms. The van der Waals surface area contributed by atoms with Crippen molar-refractivity contribution in [2.45, 2.75) is 19.0 Å². The summed E-state index contributed by atoms with van der Waals surface area (Å²) in [6, 6.07) is 16.7. The lowest BCUT2D eigenvalue weighted by atomic mass is 10.0. The van der Waals surface area contributed by atoms with Crippen LogP contribution in [0.25, 0.3) is 33.1 Å². The number of alkyl halides is 3. The van der Waals surface area contributed by atoms with Gasteiger partial charge in [-0.2, -0.15) is 13.2 Å². The van der Waals surface area contributed by atoms with Crippen LogP contribution < -0.4 is 10.3 Å². The predicted molar refractivity (Wildman–Crippen MR) is 124 cm³/mol. The minimum Gasteiger partial charge on any atom is -0.493 e. The number of benzene rings is 2. The van der Waals surface area contributed by atoms with E-state index in [4.69, 9.17) is 4.74 Å². The quantitative estimate of drug-likeness (QED) is 0.425. The van der Waals surface area contributed by atoms with Gasteiger partial charge in [0.05, 0.1) is 17.9 Å². The van der Waals surface area contributed by atoms with Crippen LogP contribution in [0.2, 0.25) is 0 Å².